The quantitative estimate of drug-likeness (QED) is 0.566. The van der Waals surface area contributed by atoms with E-state index in [1.807, 2.05) is 11.4 Å². The van der Waals surface area contributed by atoms with Gasteiger partial charge in [0.15, 0.2) is 9.84 Å². The molecule has 0 spiro atoms. The Labute approximate surface area is 120 Å². The predicted octanol–water partition coefficient (Wildman–Crippen LogP) is 0.823. The maximum Gasteiger partial charge on any atom is 0.240 e. The topological polar surface area (TPSA) is 110 Å². The van der Waals surface area contributed by atoms with Crippen molar-refractivity contribution in [2.45, 2.75) is 6.42 Å². The minimum absolute atomic E-state index is 0.137. The van der Waals surface area contributed by atoms with Crippen LogP contribution in [0.3, 0.4) is 0 Å². The van der Waals surface area contributed by atoms with E-state index in [1.165, 1.54) is 11.3 Å². The van der Waals surface area contributed by atoms with Gasteiger partial charge in [-0.05, 0) is 23.8 Å². The third-order valence-corrected chi connectivity index (χ3v) is 5.98. The summed E-state index contributed by atoms with van der Waals surface area (Å²) in [5, 5.41) is 6.08. The highest BCUT2D eigenvalue weighted by Crippen LogP contribution is 2.27. The summed E-state index contributed by atoms with van der Waals surface area (Å²) in [5.41, 5.74) is 2.44. The SMILES string of the molecule is NNc1nc(NCC2CCS(=O)(=O)C2)c2ccsc2n1. The predicted molar refractivity (Wildman–Crippen MR) is 80.5 cm³/mol. The van der Waals surface area contributed by atoms with Crippen LogP contribution < -0.4 is 16.6 Å². The van der Waals surface area contributed by atoms with Crippen molar-refractivity contribution in [2.24, 2.45) is 11.8 Å². The van der Waals surface area contributed by atoms with E-state index in [2.05, 4.69) is 20.7 Å². The molecule has 0 amide bonds. The second kappa shape index (κ2) is 5.15. The average Bonchev–Trinajstić information content (AvgIpc) is 3.01. The molecule has 20 heavy (non-hydrogen) atoms. The molecule has 0 radical (unpaired) electrons. The van der Waals surface area contributed by atoms with E-state index in [-0.39, 0.29) is 17.4 Å². The lowest BCUT2D eigenvalue weighted by atomic mass is 10.1. The van der Waals surface area contributed by atoms with Gasteiger partial charge in [-0.1, -0.05) is 0 Å². The molecule has 0 aliphatic carbocycles. The van der Waals surface area contributed by atoms with Crippen molar-refractivity contribution in [1.29, 1.82) is 0 Å². The molecule has 9 heteroatoms. The molecule has 1 unspecified atom stereocenters. The largest absolute Gasteiger partial charge is 0.369 e. The van der Waals surface area contributed by atoms with Crippen LogP contribution in [0.4, 0.5) is 11.8 Å². The molecule has 108 valence electrons. The van der Waals surface area contributed by atoms with Crippen molar-refractivity contribution in [3.8, 4) is 0 Å². The van der Waals surface area contributed by atoms with E-state index in [0.717, 1.165) is 10.2 Å². The monoisotopic (exact) mass is 313 g/mol. The van der Waals surface area contributed by atoms with Crippen molar-refractivity contribution in [3.63, 3.8) is 0 Å². The number of hydrogen-bond acceptors (Lipinski definition) is 8. The van der Waals surface area contributed by atoms with Crippen LogP contribution in [0.1, 0.15) is 6.42 Å². The van der Waals surface area contributed by atoms with Gasteiger partial charge in [-0.15, -0.1) is 11.3 Å². The number of sulfone groups is 1. The summed E-state index contributed by atoms with van der Waals surface area (Å²) in [5.74, 6) is 7.06. The average molecular weight is 313 g/mol. The fourth-order valence-corrected chi connectivity index (χ4v) is 4.95. The van der Waals surface area contributed by atoms with Crippen molar-refractivity contribution >= 4 is 43.2 Å². The molecule has 0 bridgehead atoms. The van der Waals surface area contributed by atoms with Gasteiger partial charge in [0, 0.05) is 6.54 Å². The molecular formula is C11H15N5O2S2. The summed E-state index contributed by atoms with van der Waals surface area (Å²) in [6, 6.07) is 1.94. The molecule has 0 saturated carbocycles. The number of aromatic nitrogens is 2. The van der Waals surface area contributed by atoms with Gasteiger partial charge in [0.1, 0.15) is 10.6 Å². The third-order valence-electron chi connectivity index (χ3n) is 3.34. The maximum absolute atomic E-state index is 11.4. The molecule has 1 atom stereocenters. The fourth-order valence-electron chi connectivity index (χ4n) is 2.33. The molecule has 3 heterocycles. The van der Waals surface area contributed by atoms with Crippen LogP contribution in [-0.4, -0.2) is 36.4 Å². The zero-order chi connectivity index (χ0) is 14.2. The Hall–Kier alpha value is -1.45. The number of anilines is 2. The standard InChI is InChI=1S/C11H15N5O2S2/c12-16-11-14-9(8-1-3-19-10(8)15-11)13-5-7-2-4-20(17,18)6-7/h1,3,7H,2,4-6,12H2,(H2,13,14,15,16). The fraction of sp³-hybridized carbons (Fsp3) is 0.455. The molecule has 2 aromatic heterocycles. The van der Waals surface area contributed by atoms with Gasteiger partial charge >= 0.3 is 0 Å². The van der Waals surface area contributed by atoms with Crippen LogP contribution in [0.15, 0.2) is 11.4 Å². The number of thiophene rings is 1. The Balaban J connectivity index is 1.78. The highest BCUT2D eigenvalue weighted by atomic mass is 32.2. The summed E-state index contributed by atoms with van der Waals surface area (Å²) in [4.78, 5) is 9.38. The smallest absolute Gasteiger partial charge is 0.240 e. The molecule has 1 fully saturated rings. The van der Waals surface area contributed by atoms with E-state index in [0.29, 0.717) is 24.7 Å². The summed E-state index contributed by atoms with van der Waals surface area (Å²) in [6.07, 6.45) is 0.704. The molecule has 4 N–H and O–H groups in total. The van der Waals surface area contributed by atoms with Crippen LogP contribution in [0.5, 0.6) is 0 Å². The first-order valence-electron chi connectivity index (χ1n) is 6.23. The Bertz CT molecular complexity index is 727. The zero-order valence-electron chi connectivity index (χ0n) is 10.7. The van der Waals surface area contributed by atoms with Gasteiger partial charge < -0.3 is 5.32 Å². The van der Waals surface area contributed by atoms with E-state index >= 15 is 0 Å². The van der Waals surface area contributed by atoms with Crippen LogP contribution in [0.2, 0.25) is 0 Å². The molecule has 1 aliphatic rings. The van der Waals surface area contributed by atoms with Gasteiger partial charge in [0.2, 0.25) is 5.95 Å². The summed E-state index contributed by atoms with van der Waals surface area (Å²) < 4.78 is 22.9. The Kier molecular flexibility index (Phi) is 3.48. The van der Waals surface area contributed by atoms with Crippen molar-refractivity contribution in [3.05, 3.63) is 11.4 Å². The minimum Gasteiger partial charge on any atom is -0.369 e. The lowest BCUT2D eigenvalue weighted by Crippen LogP contribution is -2.17. The van der Waals surface area contributed by atoms with Gasteiger partial charge in [-0.2, -0.15) is 4.98 Å². The summed E-state index contributed by atoms with van der Waals surface area (Å²) in [6.45, 7) is 0.588. The van der Waals surface area contributed by atoms with Crippen LogP contribution in [0, 0.1) is 5.92 Å². The number of nitrogen functional groups attached to an aromatic ring is 1. The van der Waals surface area contributed by atoms with Crippen LogP contribution >= 0.6 is 11.3 Å². The van der Waals surface area contributed by atoms with Gasteiger partial charge in [0.25, 0.3) is 0 Å². The lowest BCUT2D eigenvalue weighted by molar-refractivity contribution is 0.596. The number of hydrogen-bond donors (Lipinski definition) is 3. The number of fused-ring (bicyclic) bond motifs is 1. The molecule has 2 aromatic rings. The molecule has 1 saturated heterocycles. The summed E-state index contributed by atoms with van der Waals surface area (Å²) in [7, 11) is -2.85. The van der Waals surface area contributed by atoms with Crippen molar-refractivity contribution < 1.29 is 8.42 Å². The Morgan fingerprint density at radius 3 is 3.00 bits per heavy atom. The number of rotatable bonds is 4. The van der Waals surface area contributed by atoms with Gasteiger partial charge in [-0.25, -0.2) is 19.2 Å². The van der Waals surface area contributed by atoms with E-state index < -0.39 is 9.84 Å². The van der Waals surface area contributed by atoms with Crippen LogP contribution in [-0.2, 0) is 9.84 Å². The second-order valence-electron chi connectivity index (χ2n) is 4.83. The van der Waals surface area contributed by atoms with E-state index in [9.17, 15) is 8.42 Å². The maximum atomic E-state index is 11.4. The second-order valence-corrected chi connectivity index (χ2v) is 7.95. The number of nitrogens with two attached hydrogens (primary N) is 1. The van der Waals surface area contributed by atoms with Gasteiger partial charge in [0.05, 0.1) is 16.9 Å². The first-order chi connectivity index (χ1) is 9.57. The van der Waals surface area contributed by atoms with Crippen molar-refractivity contribution in [1.82, 2.24) is 9.97 Å². The van der Waals surface area contributed by atoms with E-state index in [4.69, 9.17) is 5.84 Å². The number of hydrazine groups is 1. The normalized spacial score (nSPS) is 21.1. The minimum atomic E-state index is -2.85. The molecule has 0 aromatic carbocycles. The first-order valence-corrected chi connectivity index (χ1v) is 8.93. The van der Waals surface area contributed by atoms with Gasteiger partial charge in [-0.3, -0.25) is 5.43 Å². The molecule has 1 aliphatic heterocycles. The zero-order valence-corrected chi connectivity index (χ0v) is 12.3. The molecule has 3 rings (SSSR count). The number of nitrogens with zero attached hydrogens (tertiary/aromatic N) is 2. The van der Waals surface area contributed by atoms with Crippen molar-refractivity contribution in [2.75, 3.05) is 28.8 Å². The Morgan fingerprint density at radius 1 is 1.45 bits per heavy atom. The van der Waals surface area contributed by atoms with Crippen LogP contribution in [0.25, 0.3) is 10.2 Å². The molecular weight excluding hydrogens is 298 g/mol. The van der Waals surface area contributed by atoms with E-state index in [1.54, 1.807) is 0 Å². The highest BCUT2D eigenvalue weighted by molar-refractivity contribution is 7.91. The lowest BCUT2D eigenvalue weighted by Gasteiger charge is -2.11. The Morgan fingerprint density at radius 2 is 2.30 bits per heavy atom. The highest BCUT2D eigenvalue weighted by Gasteiger charge is 2.27. The first kappa shape index (κ1) is 13.5. The third kappa shape index (κ3) is 2.69. The number of nitrogens with one attached hydrogen (secondary N) is 2. The molecule has 7 nitrogen and oxygen atoms in total. The summed E-state index contributed by atoms with van der Waals surface area (Å²) >= 11 is 1.51.